The van der Waals surface area contributed by atoms with E-state index in [0.717, 1.165) is 11.6 Å². The molecule has 0 bridgehead atoms. The summed E-state index contributed by atoms with van der Waals surface area (Å²) in [4.78, 5) is 20.9. The van der Waals surface area contributed by atoms with Gasteiger partial charge in [0.05, 0.1) is 21.2 Å². The fourth-order valence-corrected chi connectivity index (χ4v) is 4.96. The van der Waals surface area contributed by atoms with Gasteiger partial charge in [-0.3, -0.25) is 20.2 Å². The molecule has 1 saturated carbocycles. The van der Waals surface area contributed by atoms with Gasteiger partial charge in [-0.2, -0.15) is 4.39 Å². The van der Waals surface area contributed by atoms with Crippen LogP contribution in [0.2, 0.25) is 0 Å². The molecule has 1 N–H and O–H groups in total. The molecule has 4 aromatic rings. The number of halogens is 3. The summed E-state index contributed by atoms with van der Waals surface area (Å²) in [6, 6.07) is 8.36. The Hall–Kier alpha value is -4.75. The maximum atomic E-state index is 13.3. The third-order valence-corrected chi connectivity index (χ3v) is 7.06. The SMILES string of the molecule is Cc1noc(C)c1-c1ccc(F)c([N+](=O)[O-])c1.Cc1noc(C)c1-c1ccc(NC2CCC(F)(F)CC2)c([N+](=O)[O-])c1. The summed E-state index contributed by atoms with van der Waals surface area (Å²) in [5, 5.41) is 32.8. The number of hydrogen-bond donors (Lipinski definition) is 1. The zero-order valence-electron chi connectivity index (χ0n) is 23.2. The quantitative estimate of drug-likeness (QED) is 0.176. The molecule has 1 aliphatic carbocycles. The van der Waals surface area contributed by atoms with Crippen LogP contribution in [0.1, 0.15) is 48.6 Å². The maximum absolute atomic E-state index is 13.3. The summed E-state index contributed by atoms with van der Waals surface area (Å²) >= 11 is 0. The number of aryl methyl sites for hydroxylation is 4. The Kier molecular flexibility index (Phi) is 8.64. The van der Waals surface area contributed by atoms with E-state index >= 15 is 0 Å². The molecule has 222 valence electrons. The van der Waals surface area contributed by atoms with E-state index in [1.165, 1.54) is 18.2 Å². The molecule has 5 rings (SSSR count). The van der Waals surface area contributed by atoms with Crippen LogP contribution in [0.3, 0.4) is 0 Å². The zero-order chi connectivity index (χ0) is 30.8. The van der Waals surface area contributed by atoms with Crippen LogP contribution in [0.15, 0.2) is 45.4 Å². The van der Waals surface area contributed by atoms with Crippen LogP contribution in [-0.2, 0) is 0 Å². The van der Waals surface area contributed by atoms with E-state index in [9.17, 15) is 33.4 Å². The number of nitro benzene ring substituents is 2. The lowest BCUT2D eigenvalue weighted by Gasteiger charge is -2.29. The largest absolute Gasteiger partial charge is 0.377 e. The molecule has 1 fully saturated rings. The minimum atomic E-state index is -2.63. The van der Waals surface area contributed by atoms with E-state index in [1.54, 1.807) is 39.8 Å². The fourth-order valence-electron chi connectivity index (χ4n) is 4.96. The second-order valence-electron chi connectivity index (χ2n) is 10.1. The number of benzene rings is 2. The van der Waals surface area contributed by atoms with Crippen molar-refractivity contribution in [3.8, 4) is 22.3 Å². The van der Waals surface area contributed by atoms with Crippen LogP contribution < -0.4 is 5.32 Å². The molecule has 0 aliphatic heterocycles. The Labute approximate surface area is 238 Å². The Morgan fingerprint density at radius 2 is 1.31 bits per heavy atom. The number of nitrogens with zero attached hydrogens (tertiary/aromatic N) is 4. The summed E-state index contributed by atoms with van der Waals surface area (Å²) in [6.07, 6.45) is 0.177. The monoisotopic (exact) mass is 587 g/mol. The Morgan fingerprint density at radius 1 is 0.833 bits per heavy atom. The van der Waals surface area contributed by atoms with Crippen molar-refractivity contribution in [3.63, 3.8) is 0 Å². The van der Waals surface area contributed by atoms with Crippen LogP contribution in [0.5, 0.6) is 0 Å². The lowest BCUT2D eigenvalue weighted by molar-refractivity contribution is -0.387. The van der Waals surface area contributed by atoms with E-state index < -0.39 is 27.3 Å². The van der Waals surface area contributed by atoms with Crippen molar-refractivity contribution in [1.29, 1.82) is 0 Å². The number of rotatable bonds is 6. The highest BCUT2D eigenvalue weighted by atomic mass is 19.3. The first-order valence-electron chi connectivity index (χ1n) is 13.0. The number of nitrogens with one attached hydrogen (secondary N) is 1. The first-order valence-corrected chi connectivity index (χ1v) is 13.0. The molecule has 42 heavy (non-hydrogen) atoms. The fraction of sp³-hybridized carbons (Fsp3) is 0.357. The van der Waals surface area contributed by atoms with Crippen LogP contribution in [0.25, 0.3) is 22.3 Å². The predicted molar refractivity (Wildman–Crippen MR) is 147 cm³/mol. The Morgan fingerprint density at radius 3 is 1.76 bits per heavy atom. The van der Waals surface area contributed by atoms with Crippen molar-refractivity contribution in [2.75, 3.05) is 5.32 Å². The van der Waals surface area contributed by atoms with Crippen molar-refractivity contribution in [1.82, 2.24) is 10.3 Å². The van der Waals surface area contributed by atoms with Gasteiger partial charge in [-0.15, -0.1) is 0 Å². The number of alkyl halides is 2. The highest BCUT2D eigenvalue weighted by Gasteiger charge is 2.35. The number of nitro groups is 2. The lowest BCUT2D eigenvalue weighted by atomic mass is 9.92. The third kappa shape index (κ3) is 6.58. The van der Waals surface area contributed by atoms with E-state index in [0.29, 0.717) is 45.3 Å². The van der Waals surface area contributed by atoms with Crippen molar-refractivity contribution < 1.29 is 32.1 Å². The Balaban J connectivity index is 0.000000208. The van der Waals surface area contributed by atoms with Crippen LogP contribution in [0.4, 0.5) is 30.2 Å². The van der Waals surface area contributed by atoms with E-state index in [4.69, 9.17) is 9.05 Å². The molecule has 0 spiro atoms. The number of aromatic nitrogens is 2. The van der Waals surface area contributed by atoms with Gasteiger partial charge >= 0.3 is 5.69 Å². The molecule has 14 heteroatoms. The molecule has 0 amide bonds. The summed E-state index contributed by atoms with van der Waals surface area (Å²) < 4.78 is 49.8. The first-order chi connectivity index (χ1) is 19.8. The van der Waals surface area contributed by atoms with Gasteiger partial charge in [-0.1, -0.05) is 22.4 Å². The van der Waals surface area contributed by atoms with Gasteiger partial charge in [0.2, 0.25) is 11.7 Å². The van der Waals surface area contributed by atoms with E-state index in [-0.39, 0.29) is 37.4 Å². The van der Waals surface area contributed by atoms with Crippen LogP contribution >= 0.6 is 0 Å². The molecular formula is C28H28F3N5O6. The molecule has 0 radical (unpaired) electrons. The minimum absolute atomic E-state index is 0.0881. The van der Waals surface area contributed by atoms with Gasteiger partial charge in [-0.05, 0) is 63.8 Å². The van der Waals surface area contributed by atoms with Gasteiger partial charge in [0.1, 0.15) is 17.2 Å². The summed E-state index contributed by atoms with van der Waals surface area (Å²) in [6.45, 7) is 6.94. The van der Waals surface area contributed by atoms with Gasteiger partial charge in [0, 0.05) is 42.1 Å². The second-order valence-corrected chi connectivity index (χ2v) is 10.1. The predicted octanol–water partition coefficient (Wildman–Crippen LogP) is 7.86. The van der Waals surface area contributed by atoms with Gasteiger partial charge in [0.25, 0.3) is 5.69 Å². The normalized spacial score (nSPS) is 14.6. The summed E-state index contributed by atoms with van der Waals surface area (Å²) in [7, 11) is 0. The number of anilines is 1. The number of hydrogen-bond acceptors (Lipinski definition) is 9. The molecule has 2 aromatic carbocycles. The van der Waals surface area contributed by atoms with Gasteiger partial charge in [-0.25, -0.2) is 8.78 Å². The standard InChI is InChI=1S/C17H19F2N3O3.C11H9FN2O3/c1-10-16(11(2)25-21-10)12-3-4-14(15(9-12)22(23)24)20-13-5-7-17(18,19)8-6-13;1-6-11(7(2)17-13-6)8-3-4-9(12)10(5-8)14(15)16/h3-4,9,13,20H,5-8H2,1-2H3;3-5H,1-2H3. The van der Waals surface area contributed by atoms with Crippen molar-refractivity contribution in [2.45, 2.75) is 65.3 Å². The average molecular weight is 588 g/mol. The summed E-state index contributed by atoms with van der Waals surface area (Å²) in [5.74, 6) is -2.35. The zero-order valence-corrected chi connectivity index (χ0v) is 23.2. The average Bonchev–Trinajstić information content (AvgIpc) is 3.45. The maximum Gasteiger partial charge on any atom is 0.305 e. The topological polar surface area (TPSA) is 150 Å². The summed E-state index contributed by atoms with van der Waals surface area (Å²) in [5.41, 5.74) is 3.52. The lowest BCUT2D eigenvalue weighted by Crippen LogP contribution is -2.32. The second kappa shape index (κ2) is 12.0. The van der Waals surface area contributed by atoms with E-state index in [2.05, 4.69) is 15.6 Å². The molecular weight excluding hydrogens is 559 g/mol. The van der Waals surface area contributed by atoms with Crippen molar-refractivity contribution in [2.24, 2.45) is 0 Å². The van der Waals surface area contributed by atoms with E-state index in [1.807, 2.05) is 0 Å². The molecule has 2 heterocycles. The highest BCUT2D eigenvalue weighted by molar-refractivity contribution is 5.75. The van der Waals surface area contributed by atoms with Gasteiger partial charge < -0.3 is 14.4 Å². The minimum Gasteiger partial charge on any atom is -0.377 e. The molecule has 0 unspecified atom stereocenters. The highest BCUT2D eigenvalue weighted by Crippen LogP contribution is 2.38. The van der Waals surface area contributed by atoms with Crippen molar-refractivity contribution in [3.05, 3.63) is 85.4 Å². The smallest absolute Gasteiger partial charge is 0.305 e. The molecule has 1 aliphatic rings. The van der Waals surface area contributed by atoms with Crippen molar-refractivity contribution >= 4 is 17.1 Å². The first kappa shape index (κ1) is 30.2. The Bertz CT molecular complexity index is 1590. The molecule has 0 saturated heterocycles. The third-order valence-electron chi connectivity index (χ3n) is 7.06. The van der Waals surface area contributed by atoms with Crippen LogP contribution in [0, 0.1) is 53.7 Å². The van der Waals surface area contributed by atoms with Gasteiger partial charge in [0.15, 0.2) is 0 Å². The molecule has 2 aromatic heterocycles. The van der Waals surface area contributed by atoms with Crippen LogP contribution in [-0.4, -0.2) is 32.1 Å². The molecule has 11 nitrogen and oxygen atoms in total. The molecule has 0 atom stereocenters.